The van der Waals surface area contributed by atoms with Gasteiger partial charge in [-0.25, -0.2) is 18.7 Å². The van der Waals surface area contributed by atoms with Crippen LogP contribution in [0.4, 0.5) is 14.6 Å². The second-order valence-electron chi connectivity index (χ2n) is 7.79. The van der Waals surface area contributed by atoms with E-state index in [9.17, 15) is 8.78 Å². The largest absolute Gasteiger partial charge is 0.348 e. The fourth-order valence-electron chi connectivity index (χ4n) is 2.91. The molecule has 0 bridgehead atoms. The Kier molecular flexibility index (Phi) is 3.82. The summed E-state index contributed by atoms with van der Waals surface area (Å²) in [7, 11) is 0. The zero-order chi connectivity index (χ0) is 19.4. The molecule has 1 saturated heterocycles. The number of H-pyrrole nitrogens is 1. The van der Waals surface area contributed by atoms with Crippen LogP contribution in [0.15, 0.2) is 0 Å². The quantitative estimate of drug-likeness (QED) is 0.729. The van der Waals surface area contributed by atoms with Gasteiger partial charge in [0, 0.05) is 18.4 Å². The third-order valence-corrected chi connectivity index (χ3v) is 4.47. The van der Waals surface area contributed by atoms with Crippen LogP contribution in [0.1, 0.15) is 51.8 Å². The summed E-state index contributed by atoms with van der Waals surface area (Å²) in [5, 5.41) is 22.7. The highest BCUT2D eigenvalue weighted by Crippen LogP contribution is 2.34. The number of rotatable bonds is 3. The summed E-state index contributed by atoms with van der Waals surface area (Å²) in [5.41, 5.74) is 0.375. The van der Waals surface area contributed by atoms with Crippen LogP contribution in [-0.4, -0.2) is 64.6 Å². The van der Waals surface area contributed by atoms with E-state index < -0.39 is 18.5 Å². The molecule has 0 aliphatic carbocycles. The first-order valence-corrected chi connectivity index (χ1v) is 8.65. The molecule has 0 radical (unpaired) electrons. The maximum atomic E-state index is 13.8. The van der Waals surface area contributed by atoms with Crippen molar-refractivity contribution < 1.29 is 8.78 Å². The van der Waals surface area contributed by atoms with Crippen LogP contribution in [0.5, 0.6) is 0 Å². The SMILES string of the molecule is CC(c1nn[nH]n1)n1nc2nc(C(C)(C)C)nc(N3CCC(F)(F)C3)c2n1. The highest BCUT2D eigenvalue weighted by molar-refractivity contribution is 5.82. The number of tetrazole rings is 1. The lowest BCUT2D eigenvalue weighted by molar-refractivity contribution is 0.0257. The Hall–Kier alpha value is -2.79. The average Bonchev–Trinajstić information content (AvgIpc) is 3.31. The third kappa shape index (κ3) is 3.19. The Morgan fingerprint density at radius 2 is 1.96 bits per heavy atom. The minimum atomic E-state index is -2.74. The van der Waals surface area contributed by atoms with E-state index in [4.69, 9.17) is 0 Å². The van der Waals surface area contributed by atoms with Crippen molar-refractivity contribution in [3.05, 3.63) is 11.6 Å². The molecule has 1 N–H and O–H groups in total. The van der Waals surface area contributed by atoms with Gasteiger partial charge in [0.2, 0.25) is 11.5 Å². The highest BCUT2D eigenvalue weighted by atomic mass is 19.3. The Morgan fingerprint density at radius 1 is 1.19 bits per heavy atom. The topological polar surface area (TPSA) is 114 Å². The average molecular weight is 378 g/mol. The lowest BCUT2D eigenvalue weighted by Crippen LogP contribution is -2.27. The molecule has 1 aliphatic heterocycles. The molecule has 0 saturated carbocycles. The molecule has 3 aromatic heterocycles. The maximum absolute atomic E-state index is 13.8. The molecule has 1 atom stereocenters. The van der Waals surface area contributed by atoms with Gasteiger partial charge in [-0.1, -0.05) is 26.0 Å². The Bertz CT molecular complexity index is 959. The van der Waals surface area contributed by atoms with E-state index in [0.717, 1.165) is 0 Å². The molecule has 27 heavy (non-hydrogen) atoms. The van der Waals surface area contributed by atoms with Crippen molar-refractivity contribution in [2.24, 2.45) is 0 Å². The van der Waals surface area contributed by atoms with Crippen LogP contribution in [-0.2, 0) is 5.41 Å². The van der Waals surface area contributed by atoms with Gasteiger partial charge in [0.25, 0.3) is 5.92 Å². The predicted octanol–water partition coefficient (Wildman–Crippen LogP) is 1.49. The van der Waals surface area contributed by atoms with Crippen molar-refractivity contribution in [1.82, 2.24) is 45.6 Å². The van der Waals surface area contributed by atoms with Crippen LogP contribution < -0.4 is 4.90 Å². The minimum Gasteiger partial charge on any atom is -0.348 e. The summed E-state index contributed by atoms with van der Waals surface area (Å²) in [5.74, 6) is -1.42. The van der Waals surface area contributed by atoms with Gasteiger partial charge in [-0.05, 0) is 6.92 Å². The molecule has 144 valence electrons. The number of nitrogens with zero attached hydrogens (tertiary/aromatic N) is 9. The normalized spacial score (nSPS) is 18.4. The van der Waals surface area contributed by atoms with Gasteiger partial charge >= 0.3 is 0 Å². The monoisotopic (exact) mass is 378 g/mol. The first-order chi connectivity index (χ1) is 12.6. The van der Waals surface area contributed by atoms with E-state index in [1.54, 1.807) is 4.90 Å². The van der Waals surface area contributed by atoms with E-state index in [1.165, 1.54) is 4.80 Å². The molecule has 10 nitrogen and oxygen atoms in total. The number of anilines is 1. The van der Waals surface area contributed by atoms with Crippen LogP contribution in [0.3, 0.4) is 0 Å². The lowest BCUT2D eigenvalue weighted by atomic mass is 9.96. The lowest BCUT2D eigenvalue weighted by Gasteiger charge is -2.21. The van der Waals surface area contributed by atoms with E-state index >= 15 is 0 Å². The van der Waals surface area contributed by atoms with Gasteiger partial charge in [-0.15, -0.1) is 20.4 Å². The molecule has 3 aromatic rings. The molecule has 1 fully saturated rings. The van der Waals surface area contributed by atoms with Gasteiger partial charge in [0.1, 0.15) is 11.9 Å². The summed E-state index contributed by atoms with van der Waals surface area (Å²) in [4.78, 5) is 12.1. The van der Waals surface area contributed by atoms with Crippen LogP contribution in [0, 0.1) is 0 Å². The smallest absolute Gasteiger partial charge is 0.266 e. The molecule has 0 aromatic carbocycles. The zero-order valence-corrected chi connectivity index (χ0v) is 15.5. The summed E-state index contributed by atoms with van der Waals surface area (Å²) in [6.45, 7) is 7.51. The van der Waals surface area contributed by atoms with Crippen LogP contribution in [0.2, 0.25) is 0 Å². The van der Waals surface area contributed by atoms with Gasteiger partial charge in [-0.2, -0.15) is 10.0 Å². The molecule has 4 rings (SSSR count). The van der Waals surface area contributed by atoms with Crippen molar-refractivity contribution in [3.63, 3.8) is 0 Å². The number of fused-ring (bicyclic) bond motifs is 1. The van der Waals surface area contributed by atoms with E-state index in [1.807, 2.05) is 27.7 Å². The molecule has 4 heterocycles. The number of halogens is 2. The number of hydrogen-bond acceptors (Lipinski definition) is 8. The number of hydrogen-bond donors (Lipinski definition) is 1. The Balaban J connectivity index is 1.84. The maximum Gasteiger partial charge on any atom is 0.266 e. The number of aromatic amines is 1. The van der Waals surface area contributed by atoms with Crippen molar-refractivity contribution in [2.75, 3.05) is 18.0 Å². The minimum absolute atomic E-state index is 0.204. The fraction of sp³-hybridized carbons (Fsp3) is 0.667. The first-order valence-electron chi connectivity index (χ1n) is 8.65. The molecular weight excluding hydrogens is 358 g/mol. The number of nitrogens with one attached hydrogen (secondary N) is 1. The highest BCUT2D eigenvalue weighted by Gasteiger charge is 2.40. The Morgan fingerprint density at radius 3 is 2.56 bits per heavy atom. The molecule has 0 spiro atoms. The fourth-order valence-corrected chi connectivity index (χ4v) is 2.91. The van der Waals surface area contributed by atoms with Crippen molar-refractivity contribution in [2.45, 2.75) is 51.5 Å². The predicted molar refractivity (Wildman–Crippen MR) is 91.6 cm³/mol. The first kappa shape index (κ1) is 17.6. The molecule has 1 unspecified atom stereocenters. The van der Waals surface area contributed by atoms with Crippen molar-refractivity contribution in [3.8, 4) is 0 Å². The molecule has 1 aliphatic rings. The second kappa shape index (κ2) is 5.86. The number of aromatic nitrogens is 9. The van der Waals surface area contributed by atoms with Gasteiger partial charge in [0.05, 0.1) is 6.54 Å². The molecule has 0 amide bonds. The van der Waals surface area contributed by atoms with E-state index in [0.29, 0.717) is 28.6 Å². The summed E-state index contributed by atoms with van der Waals surface area (Å²) < 4.78 is 27.6. The van der Waals surface area contributed by atoms with Crippen LogP contribution >= 0.6 is 0 Å². The van der Waals surface area contributed by atoms with E-state index in [-0.39, 0.29) is 18.4 Å². The van der Waals surface area contributed by atoms with Crippen molar-refractivity contribution >= 4 is 17.0 Å². The van der Waals surface area contributed by atoms with Gasteiger partial charge in [-0.3, -0.25) is 0 Å². The van der Waals surface area contributed by atoms with Gasteiger partial charge < -0.3 is 4.90 Å². The summed E-state index contributed by atoms with van der Waals surface area (Å²) >= 11 is 0. The van der Waals surface area contributed by atoms with E-state index in [2.05, 4.69) is 40.8 Å². The van der Waals surface area contributed by atoms with Crippen LogP contribution in [0.25, 0.3) is 11.2 Å². The summed E-state index contributed by atoms with van der Waals surface area (Å²) in [6.07, 6.45) is -0.212. The standard InChI is InChI=1S/C15H20F2N10/c1-8(10-20-24-25-21-10)27-22-9-11(23-27)18-13(14(2,3)4)19-12(9)26-6-5-15(16,17)7-26/h8H,5-7H2,1-4H3,(H,20,21,24,25). The molecule has 12 heteroatoms. The number of alkyl halides is 2. The summed E-state index contributed by atoms with van der Waals surface area (Å²) in [6, 6.07) is -0.399. The zero-order valence-electron chi connectivity index (χ0n) is 15.5. The van der Waals surface area contributed by atoms with Gasteiger partial charge in [0.15, 0.2) is 11.3 Å². The Labute approximate surface area is 153 Å². The molecular formula is C15H20F2N10. The second-order valence-corrected chi connectivity index (χ2v) is 7.79. The third-order valence-electron chi connectivity index (χ3n) is 4.47. The van der Waals surface area contributed by atoms with Crippen molar-refractivity contribution in [1.29, 1.82) is 0 Å².